The largest absolute Gasteiger partial charge is 0.444 e. The van der Waals surface area contributed by atoms with Gasteiger partial charge in [-0.05, 0) is 53.9 Å². The van der Waals surface area contributed by atoms with E-state index in [4.69, 9.17) is 4.74 Å². The Morgan fingerprint density at radius 2 is 2.05 bits per heavy atom. The van der Waals surface area contributed by atoms with Crippen LogP contribution in [-0.4, -0.2) is 41.3 Å². The van der Waals surface area contributed by atoms with Gasteiger partial charge in [0.1, 0.15) is 5.60 Å². The molecule has 0 aliphatic carbocycles. The number of amides is 1. The zero-order valence-electron chi connectivity index (χ0n) is 15.0. The third-order valence-electron chi connectivity index (χ3n) is 4.03. The molecule has 1 aliphatic rings. The van der Waals surface area contributed by atoms with Crippen LogP contribution in [0.4, 0.5) is 4.79 Å². The van der Waals surface area contributed by atoms with E-state index >= 15 is 0 Å². The van der Waals surface area contributed by atoms with Crippen LogP contribution in [0.15, 0.2) is 12.7 Å². The van der Waals surface area contributed by atoms with Gasteiger partial charge in [-0.25, -0.2) is 4.79 Å². The summed E-state index contributed by atoms with van der Waals surface area (Å²) in [5, 5.41) is 3.51. The van der Waals surface area contributed by atoms with E-state index < -0.39 is 5.60 Å². The van der Waals surface area contributed by atoms with Crippen molar-refractivity contribution >= 4 is 6.09 Å². The van der Waals surface area contributed by atoms with Crippen molar-refractivity contribution in [3.8, 4) is 0 Å². The van der Waals surface area contributed by atoms with Gasteiger partial charge in [0.05, 0.1) is 0 Å². The van der Waals surface area contributed by atoms with E-state index in [2.05, 4.69) is 25.7 Å². The second-order valence-electron chi connectivity index (χ2n) is 7.50. The summed E-state index contributed by atoms with van der Waals surface area (Å²) in [5.74, 6) is 0. The fraction of sp³-hybridized carbons (Fsp3) is 0.833. The van der Waals surface area contributed by atoms with Crippen LogP contribution in [0, 0.1) is 0 Å². The van der Waals surface area contributed by atoms with Crippen molar-refractivity contribution in [3.05, 3.63) is 12.7 Å². The summed E-state index contributed by atoms with van der Waals surface area (Å²) in [5.41, 5.74) is -0.435. The molecule has 0 saturated carbocycles. The van der Waals surface area contributed by atoms with Crippen LogP contribution < -0.4 is 5.32 Å². The Morgan fingerprint density at radius 1 is 1.36 bits per heavy atom. The third-order valence-corrected chi connectivity index (χ3v) is 4.03. The van der Waals surface area contributed by atoms with E-state index in [0.29, 0.717) is 6.04 Å². The first-order valence-electron chi connectivity index (χ1n) is 8.61. The van der Waals surface area contributed by atoms with Gasteiger partial charge in [0.2, 0.25) is 0 Å². The Labute approximate surface area is 136 Å². The molecule has 3 atom stereocenters. The maximum absolute atomic E-state index is 12.5. The Morgan fingerprint density at radius 3 is 2.64 bits per heavy atom. The van der Waals surface area contributed by atoms with Gasteiger partial charge in [0, 0.05) is 24.7 Å². The van der Waals surface area contributed by atoms with Gasteiger partial charge in [0.15, 0.2) is 0 Å². The molecule has 0 aromatic rings. The molecule has 0 radical (unpaired) electrons. The summed E-state index contributed by atoms with van der Waals surface area (Å²) in [6, 6.07) is 0.897. The smallest absolute Gasteiger partial charge is 0.410 e. The van der Waals surface area contributed by atoms with Crippen molar-refractivity contribution in [2.24, 2.45) is 0 Å². The predicted molar refractivity (Wildman–Crippen MR) is 92.1 cm³/mol. The number of carbonyl (C=O) groups is 1. The monoisotopic (exact) mass is 310 g/mol. The van der Waals surface area contributed by atoms with Crippen molar-refractivity contribution in [3.63, 3.8) is 0 Å². The number of nitrogens with one attached hydrogen (secondary N) is 1. The standard InChI is InChI=1S/C18H34N2O2/c1-7-14(2)19-15(3)13-16-11-9-8-10-12-20(16)17(21)22-18(4,5)6/h7,14-16,19H,1,8-13H2,2-6H3. The molecule has 1 N–H and O–H groups in total. The van der Waals surface area contributed by atoms with Crippen molar-refractivity contribution < 1.29 is 9.53 Å². The number of rotatable bonds is 5. The molecule has 0 aromatic carbocycles. The van der Waals surface area contributed by atoms with Crippen LogP contribution in [0.1, 0.15) is 66.7 Å². The van der Waals surface area contributed by atoms with Crippen LogP contribution in [-0.2, 0) is 4.74 Å². The van der Waals surface area contributed by atoms with Gasteiger partial charge < -0.3 is 15.0 Å². The maximum atomic E-state index is 12.5. The number of ether oxygens (including phenoxy) is 1. The molecule has 4 heteroatoms. The average molecular weight is 310 g/mol. The fourth-order valence-electron chi connectivity index (χ4n) is 2.98. The zero-order chi connectivity index (χ0) is 16.8. The van der Waals surface area contributed by atoms with E-state index in [0.717, 1.165) is 25.8 Å². The quantitative estimate of drug-likeness (QED) is 0.777. The van der Waals surface area contributed by atoms with E-state index in [-0.39, 0.29) is 18.2 Å². The molecular weight excluding hydrogens is 276 g/mol. The van der Waals surface area contributed by atoms with Gasteiger partial charge in [-0.15, -0.1) is 6.58 Å². The topological polar surface area (TPSA) is 41.6 Å². The number of likely N-dealkylation sites (tertiary alicyclic amines) is 1. The van der Waals surface area contributed by atoms with Crippen LogP contribution in [0.25, 0.3) is 0 Å². The molecule has 0 spiro atoms. The minimum atomic E-state index is -0.435. The van der Waals surface area contributed by atoms with Gasteiger partial charge >= 0.3 is 6.09 Å². The lowest BCUT2D eigenvalue weighted by molar-refractivity contribution is 0.0150. The second kappa shape index (κ2) is 8.56. The minimum absolute atomic E-state index is 0.164. The number of hydrogen-bond donors (Lipinski definition) is 1. The van der Waals surface area contributed by atoms with Crippen LogP contribution >= 0.6 is 0 Å². The molecule has 3 unspecified atom stereocenters. The van der Waals surface area contributed by atoms with Crippen molar-refractivity contribution in [1.82, 2.24) is 10.2 Å². The molecule has 1 saturated heterocycles. The first-order valence-corrected chi connectivity index (χ1v) is 8.61. The van der Waals surface area contributed by atoms with E-state index in [1.165, 1.54) is 12.8 Å². The third kappa shape index (κ3) is 6.82. The molecule has 22 heavy (non-hydrogen) atoms. The van der Waals surface area contributed by atoms with E-state index in [1.54, 1.807) is 0 Å². The highest BCUT2D eigenvalue weighted by Gasteiger charge is 2.30. The Kier molecular flexibility index (Phi) is 7.40. The normalized spacial score (nSPS) is 22.6. The van der Waals surface area contributed by atoms with Crippen LogP contribution in [0.5, 0.6) is 0 Å². The summed E-state index contributed by atoms with van der Waals surface area (Å²) in [4.78, 5) is 14.5. The molecule has 0 aromatic heterocycles. The van der Waals surface area contributed by atoms with Gasteiger partial charge in [0.25, 0.3) is 0 Å². The second-order valence-corrected chi connectivity index (χ2v) is 7.50. The molecule has 1 rings (SSSR count). The fourth-order valence-corrected chi connectivity index (χ4v) is 2.98. The van der Waals surface area contributed by atoms with Crippen LogP contribution in [0.2, 0.25) is 0 Å². The zero-order valence-corrected chi connectivity index (χ0v) is 15.0. The minimum Gasteiger partial charge on any atom is -0.444 e. The maximum Gasteiger partial charge on any atom is 0.410 e. The summed E-state index contributed by atoms with van der Waals surface area (Å²) in [7, 11) is 0. The van der Waals surface area contributed by atoms with Crippen molar-refractivity contribution in [1.29, 1.82) is 0 Å². The molecule has 1 fully saturated rings. The lowest BCUT2D eigenvalue weighted by Crippen LogP contribution is -2.46. The lowest BCUT2D eigenvalue weighted by Gasteiger charge is -2.34. The number of nitrogens with zero attached hydrogens (tertiary/aromatic N) is 1. The number of carbonyl (C=O) groups excluding carboxylic acids is 1. The lowest BCUT2D eigenvalue weighted by atomic mass is 10.0. The van der Waals surface area contributed by atoms with E-state index in [1.807, 2.05) is 31.7 Å². The van der Waals surface area contributed by atoms with Crippen molar-refractivity contribution in [2.45, 2.75) is 90.4 Å². The molecule has 1 aliphatic heterocycles. The summed E-state index contributed by atoms with van der Waals surface area (Å²) >= 11 is 0. The highest BCUT2D eigenvalue weighted by atomic mass is 16.6. The summed E-state index contributed by atoms with van der Waals surface area (Å²) in [6.45, 7) is 14.7. The molecular formula is C18H34N2O2. The SMILES string of the molecule is C=CC(C)NC(C)CC1CCCCCN1C(=O)OC(C)(C)C. The Balaban J connectivity index is 2.69. The van der Waals surface area contributed by atoms with Gasteiger partial charge in [-0.1, -0.05) is 18.9 Å². The first kappa shape index (κ1) is 19.0. The summed E-state index contributed by atoms with van der Waals surface area (Å²) in [6.07, 6.45) is 7.22. The van der Waals surface area contributed by atoms with Gasteiger partial charge in [-0.2, -0.15) is 0 Å². The van der Waals surface area contributed by atoms with E-state index in [9.17, 15) is 4.79 Å². The highest BCUT2D eigenvalue weighted by molar-refractivity contribution is 5.68. The molecule has 1 heterocycles. The summed E-state index contributed by atoms with van der Waals surface area (Å²) < 4.78 is 5.60. The molecule has 1 amide bonds. The molecule has 128 valence electrons. The van der Waals surface area contributed by atoms with Crippen molar-refractivity contribution in [2.75, 3.05) is 6.54 Å². The average Bonchev–Trinajstić information content (AvgIpc) is 2.61. The highest BCUT2D eigenvalue weighted by Crippen LogP contribution is 2.23. The Bertz CT molecular complexity index is 363. The predicted octanol–water partition coefficient (Wildman–Crippen LogP) is 4.11. The number of hydrogen-bond acceptors (Lipinski definition) is 3. The molecule has 4 nitrogen and oxygen atoms in total. The van der Waals surface area contributed by atoms with Crippen LogP contribution in [0.3, 0.4) is 0 Å². The molecule has 0 bridgehead atoms. The van der Waals surface area contributed by atoms with Gasteiger partial charge in [-0.3, -0.25) is 0 Å². The first-order chi connectivity index (χ1) is 10.2. The Hall–Kier alpha value is -1.03.